The van der Waals surface area contributed by atoms with Crippen LogP contribution in [-0.2, 0) is 11.3 Å². The molecule has 1 aromatic heterocycles. The van der Waals surface area contributed by atoms with Crippen molar-refractivity contribution in [2.24, 2.45) is 11.8 Å². The average Bonchev–Trinajstić information content (AvgIpc) is 3.36. The number of piperidine rings is 1. The number of benzene rings is 1. The number of carbonyl (C=O) groups is 3. The minimum absolute atomic E-state index is 0.00777. The van der Waals surface area contributed by atoms with Crippen molar-refractivity contribution in [1.29, 1.82) is 0 Å². The third-order valence-corrected chi connectivity index (χ3v) is 7.44. The molecule has 0 aliphatic carbocycles. The zero-order chi connectivity index (χ0) is 24.5. The molecule has 3 aliphatic heterocycles. The number of amides is 3. The van der Waals surface area contributed by atoms with Crippen molar-refractivity contribution in [2.75, 3.05) is 26.2 Å². The second-order valence-electron chi connectivity index (χ2n) is 10.3. The van der Waals surface area contributed by atoms with Crippen LogP contribution >= 0.6 is 0 Å². The molecule has 1 N–H and O–H groups in total. The minimum Gasteiger partial charge on any atom is -0.459 e. The number of rotatable bonds is 5. The molecule has 8 nitrogen and oxygen atoms in total. The van der Waals surface area contributed by atoms with E-state index in [0.717, 1.165) is 31.5 Å². The summed E-state index contributed by atoms with van der Waals surface area (Å²) in [5.74, 6) is 0.406. The third-order valence-electron chi connectivity index (χ3n) is 7.44. The summed E-state index contributed by atoms with van der Waals surface area (Å²) in [7, 11) is 0. The van der Waals surface area contributed by atoms with Crippen LogP contribution in [0.3, 0.4) is 0 Å². The highest BCUT2D eigenvalue weighted by Crippen LogP contribution is 2.33. The summed E-state index contributed by atoms with van der Waals surface area (Å²) >= 11 is 0. The van der Waals surface area contributed by atoms with Gasteiger partial charge in [-0.3, -0.25) is 14.4 Å². The van der Waals surface area contributed by atoms with Crippen molar-refractivity contribution in [3.63, 3.8) is 0 Å². The predicted octanol–water partition coefficient (Wildman–Crippen LogP) is 2.96. The maximum absolute atomic E-state index is 13.9. The summed E-state index contributed by atoms with van der Waals surface area (Å²) < 4.78 is 5.46. The van der Waals surface area contributed by atoms with Crippen LogP contribution in [0.2, 0.25) is 0 Å². The van der Waals surface area contributed by atoms with Gasteiger partial charge in [-0.25, -0.2) is 0 Å². The van der Waals surface area contributed by atoms with Gasteiger partial charge in [0.15, 0.2) is 5.76 Å². The topological polar surface area (TPSA) is 86.1 Å². The number of fused-ring (bicyclic) bond motifs is 2. The van der Waals surface area contributed by atoms with Crippen LogP contribution in [-0.4, -0.2) is 70.8 Å². The molecule has 0 spiro atoms. The molecule has 2 fully saturated rings. The first-order chi connectivity index (χ1) is 16.9. The molecule has 3 amide bonds. The number of furan rings is 1. The third kappa shape index (κ3) is 4.59. The van der Waals surface area contributed by atoms with Gasteiger partial charge in [-0.1, -0.05) is 32.0 Å². The first kappa shape index (κ1) is 23.6. The van der Waals surface area contributed by atoms with E-state index in [2.05, 4.69) is 19.2 Å². The Bertz CT molecular complexity index is 1080. The summed E-state index contributed by atoms with van der Waals surface area (Å²) in [6, 6.07) is 10.1. The number of nitrogens with zero attached hydrogens (tertiary/aromatic N) is 3. The Morgan fingerprint density at radius 1 is 1.11 bits per heavy atom. The Labute approximate surface area is 206 Å². The molecule has 1 aromatic carbocycles. The second-order valence-corrected chi connectivity index (χ2v) is 10.3. The number of hydrogen-bond donors (Lipinski definition) is 1. The molecule has 35 heavy (non-hydrogen) atoms. The van der Waals surface area contributed by atoms with Crippen LogP contribution in [0, 0.1) is 11.8 Å². The SMILES string of the molecule is CC(C)C[C@H]1C(=O)N(CC2CCNCC2)CC2N(C(=O)c3ccco3)Cc3ccccc3C(=O)N21. The van der Waals surface area contributed by atoms with Crippen LogP contribution in [0.4, 0.5) is 0 Å². The van der Waals surface area contributed by atoms with Crippen molar-refractivity contribution < 1.29 is 18.8 Å². The Balaban J connectivity index is 1.56. The predicted molar refractivity (Wildman–Crippen MR) is 130 cm³/mol. The Hall–Kier alpha value is -3.13. The van der Waals surface area contributed by atoms with E-state index in [0.29, 0.717) is 31.0 Å². The zero-order valence-electron chi connectivity index (χ0n) is 20.5. The summed E-state index contributed by atoms with van der Waals surface area (Å²) in [5, 5.41) is 3.39. The van der Waals surface area contributed by atoms with Gasteiger partial charge >= 0.3 is 0 Å². The summed E-state index contributed by atoms with van der Waals surface area (Å²) in [5.41, 5.74) is 1.34. The van der Waals surface area contributed by atoms with Gasteiger partial charge in [0.2, 0.25) is 5.91 Å². The van der Waals surface area contributed by atoms with Gasteiger partial charge in [-0.2, -0.15) is 0 Å². The number of hydrogen-bond acceptors (Lipinski definition) is 5. The lowest BCUT2D eigenvalue weighted by Gasteiger charge is -2.49. The molecule has 2 aromatic rings. The van der Waals surface area contributed by atoms with Gasteiger partial charge in [0.05, 0.1) is 12.8 Å². The number of piperazine rings is 1. The lowest BCUT2D eigenvalue weighted by molar-refractivity contribution is -0.149. The number of nitrogens with one attached hydrogen (secondary N) is 1. The van der Waals surface area contributed by atoms with Crippen LogP contribution in [0.1, 0.15) is 59.6 Å². The van der Waals surface area contributed by atoms with E-state index in [1.165, 1.54) is 6.26 Å². The normalized spacial score (nSPS) is 23.3. The lowest BCUT2D eigenvalue weighted by atomic mass is 9.93. The molecule has 186 valence electrons. The van der Waals surface area contributed by atoms with E-state index in [1.807, 2.05) is 23.1 Å². The van der Waals surface area contributed by atoms with Gasteiger partial charge < -0.3 is 24.4 Å². The summed E-state index contributed by atoms with van der Waals surface area (Å²) in [4.78, 5) is 46.8. The van der Waals surface area contributed by atoms with Crippen molar-refractivity contribution in [1.82, 2.24) is 20.0 Å². The monoisotopic (exact) mass is 478 g/mol. The van der Waals surface area contributed by atoms with Gasteiger partial charge in [-0.15, -0.1) is 0 Å². The van der Waals surface area contributed by atoms with E-state index in [4.69, 9.17) is 4.42 Å². The standard InChI is InChI=1S/C27H34N4O4/c1-18(2)14-22-26(33)29(15-19-9-11-28-12-10-19)17-24-30(27(34)23-8-5-13-35-23)16-20-6-3-4-7-21(20)25(32)31(22)24/h3-8,13,18-19,22,24,28H,9-12,14-17H2,1-2H3/t22-,24?/m0/s1. The molecule has 3 aliphatic rings. The molecule has 0 saturated carbocycles. The van der Waals surface area contributed by atoms with Crippen LogP contribution in [0.25, 0.3) is 0 Å². The highest BCUT2D eigenvalue weighted by molar-refractivity contribution is 6.01. The van der Waals surface area contributed by atoms with E-state index in [-0.39, 0.29) is 35.9 Å². The maximum Gasteiger partial charge on any atom is 0.291 e. The molecular weight excluding hydrogens is 444 g/mol. The van der Waals surface area contributed by atoms with Crippen molar-refractivity contribution in [3.8, 4) is 0 Å². The lowest BCUT2D eigenvalue weighted by Crippen LogP contribution is -2.68. The van der Waals surface area contributed by atoms with Gasteiger partial charge in [0.25, 0.3) is 11.8 Å². The Morgan fingerprint density at radius 3 is 2.60 bits per heavy atom. The highest BCUT2D eigenvalue weighted by Gasteiger charge is 2.49. The zero-order valence-corrected chi connectivity index (χ0v) is 20.5. The first-order valence-electron chi connectivity index (χ1n) is 12.7. The van der Waals surface area contributed by atoms with Crippen molar-refractivity contribution in [3.05, 3.63) is 59.5 Å². The van der Waals surface area contributed by atoms with Gasteiger partial charge in [0, 0.05) is 18.7 Å². The molecule has 2 saturated heterocycles. The van der Waals surface area contributed by atoms with Crippen LogP contribution in [0.15, 0.2) is 47.1 Å². The molecular formula is C27H34N4O4. The molecule has 0 bridgehead atoms. The Morgan fingerprint density at radius 2 is 1.89 bits per heavy atom. The van der Waals surface area contributed by atoms with Crippen molar-refractivity contribution >= 4 is 17.7 Å². The highest BCUT2D eigenvalue weighted by atomic mass is 16.3. The molecule has 5 rings (SSSR count). The van der Waals surface area contributed by atoms with E-state index in [9.17, 15) is 14.4 Å². The van der Waals surface area contributed by atoms with Crippen LogP contribution < -0.4 is 5.32 Å². The number of carbonyl (C=O) groups excluding carboxylic acids is 3. The quantitative estimate of drug-likeness (QED) is 0.714. The molecule has 8 heteroatoms. The first-order valence-corrected chi connectivity index (χ1v) is 12.7. The molecule has 2 atom stereocenters. The fraction of sp³-hybridized carbons (Fsp3) is 0.519. The van der Waals surface area contributed by atoms with Crippen molar-refractivity contribution in [2.45, 2.75) is 51.9 Å². The fourth-order valence-electron chi connectivity index (χ4n) is 5.68. The molecule has 0 radical (unpaired) electrons. The maximum atomic E-state index is 13.9. The Kier molecular flexibility index (Phi) is 6.65. The molecule has 4 heterocycles. The smallest absolute Gasteiger partial charge is 0.291 e. The van der Waals surface area contributed by atoms with Crippen LogP contribution in [0.5, 0.6) is 0 Å². The summed E-state index contributed by atoms with van der Waals surface area (Å²) in [6.07, 6.45) is 3.51. The summed E-state index contributed by atoms with van der Waals surface area (Å²) in [6.45, 7) is 7.29. The van der Waals surface area contributed by atoms with E-state index < -0.39 is 12.2 Å². The largest absolute Gasteiger partial charge is 0.459 e. The average molecular weight is 479 g/mol. The van der Waals surface area contributed by atoms with E-state index in [1.54, 1.807) is 28.0 Å². The fourth-order valence-corrected chi connectivity index (χ4v) is 5.68. The molecule has 1 unspecified atom stereocenters. The minimum atomic E-state index is -0.610. The van der Waals surface area contributed by atoms with E-state index >= 15 is 0 Å². The van der Waals surface area contributed by atoms with Gasteiger partial charge in [-0.05, 0) is 68.0 Å². The second kappa shape index (κ2) is 9.85. The van der Waals surface area contributed by atoms with Gasteiger partial charge in [0.1, 0.15) is 12.2 Å².